The van der Waals surface area contributed by atoms with Crippen molar-refractivity contribution < 1.29 is 42.9 Å². The van der Waals surface area contributed by atoms with Crippen molar-refractivity contribution in [2.45, 2.75) is 418 Å². The number of carbonyl (C=O) groups is 3. The van der Waals surface area contributed by atoms with E-state index in [-0.39, 0.29) is 32.2 Å². The molecular formula is C79H151NO8. The topological polar surface area (TPSA) is 111 Å². The van der Waals surface area contributed by atoms with Gasteiger partial charge in [-0.1, -0.05) is 372 Å². The molecule has 2 atom stereocenters. The van der Waals surface area contributed by atoms with Gasteiger partial charge in [0.1, 0.15) is 13.2 Å². The second-order valence-corrected chi connectivity index (χ2v) is 28.0. The first-order valence-corrected chi connectivity index (χ1v) is 39.0. The van der Waals surface area contributed by atoms with Gasteiger partial charge in [0.15, 0.2) is 12.4 Å². The fourth-order valence-corrected chi connectivity index (χ4v) is 12.0. The number of likely N-dealkylation sites (N-methyl/N-ethyl adjacent to an activating group) is 1. The summed E-state index contributed by atoms with van der Waals surface area (Å²) in [6.07, 6.45) is 85.8. The maximum Gasteiger partial charge on any atom is 0.306 e. The highest BCUT2D eigenvalue weighted by Crippen LogP contribution is 2.20. The van der Waals surface area contributed by atoms with Crippen LogP contribution >= 0.6 is 0 Å². The number of unbranched alkanes of at least 4 members (excludes halogenated alkanes) is 55. The molecule has 0 heterocycles. The number of ether oxygens (including phenoxy) is 4. The minimum Gasteiger partial charge on any atom is -0.545 e. The molecule has 520 valence electrons. The Kier molecular flexibility index (Phi) is 68.8. The van der Waals surface area contributed by atoms with E-state index in [0.29, 0.717) is 17.4 Å². The van der Waals surface area contributed by atoms with Crippen LogP contribution in [0.3, 0.4) is 0 Å². The number of nitrogens with zero attached hydrogens (tertiary/aromatic N) is 1. The summed E-state index contributed by atoms with van der Waals surface area (Å²) in [5.41, 5.74) is 0. The van der Waals surface area contributed by atoms with Crippen LogP contribution in [0.2, 0.25) is 0 Å². The number of hydrogen-bond acceptors (Lipinski definition) is 8. The number of carboxylic acids is 1. The van der Waals surface area contributed by atoms with E-state index in [2.05, 4.69) is 38.2 Å². The Morgan fingerprint density at radius 3 is 0.898 bits per heavy atom. The Morgan fingerprint density at radius 1 is 0.341 bits per heavy atom. The lowest BCUT2D eigenvalue weighted by Gasteiger charge is -2.26. The first-order chi connectivity index (χ1) is 43.1. The molecule has 2 unspecified atom stereocenters. The number of esters is 2. The summed E-state index contributed by atoms with van der Waals surface area (Å²) in [6, 6.07) is 0. The van der Waals surface area contributed by atoms with Crippen LogP contribution in [-0.2, 0) is 33.3 Å². The molecule has 9 heteroatoms. The van der Waals surface area contributed by atoms with Crippen LogP contribution in [0.25, 0.3) is 0 Å². The Morgan fingerprint density at radius 2 is 0.614 bits per heavy atom. The van der Waals surface area contributed by atoms with Crippen LogP contribution in [0.15, 0.2) is 24.3 Å². The molecule has 0 aromatic heterocycles. The van der Waals surface area contributed by atoms with Gasteiger partial charge >= 0.3 is 11.9 Å². The molecule has 9 nitrogen and oxygen atoms in total. The zero-order valence-electron chi connectivity index (χ0n) is 59.6. The summed E-state index contributed by atoms with van der Waals surface area (Å²) in [5.74, 6) is -2.25. The Hall–Kier alpha value is -2.23. The summed E-state index contributed by atoms with van der Waals surface area (Å²) in [7, 11) is 5.95. The van der Waals surface area contributed by atoms with E-state index in [9.17, 15) is 19.5 Å². The maximum atomic E-state index is 13.0. The lowest BCUT2D eigenvalue weighted by molar-refractivity contribution is -0.870. The van der Waals surface area contributed by atoms with Crippen LogP contribution < -0.4 is 5.11 Å². The van der Waals surface area contributed by atoms with E-state index in [4.69, 9.17) is 18.9 Å². The molecular weight excluding hydrogens is 1090 g/mol. The molecule has 0 aromatic carbocycles. The molecule has 0 amide bonds. The number of hydrogen-bond donors (Lipinski definition) is 0. The maximum absolute atomic E-state index is 13.0. The zero-order valence-corrected chi connectivity index (χ0v) is 59.6. The van der Waals surface area contributed by atoms with Crippen molar-refractivity contribution in [3.8, 4) is 0 Å². The molecule has 0 aromatic rings. The summed E-state index contributed by atoms with van der Waals surface area (Å²) >= 11 is 0. The third kappa shape index (κ3) is 71.2. The molecule has 0 fully saturated rings. The molecule has 0 saturated heterocycles. The number of rotatable bonds is 74. The van der Waals surface area contributed by atoms with Crippen molar-refractivity contribution in [1.29, 1.82) is 0 Å². The van der Waals surface area contributed by atoms with Crippen molar-refractivity contribution in [2.75, 3.05) is 47.5 Å². The zero-order chi connectivity index (χ0) is 64.0. The van der Waals surface area contributed by atoms with Crippen molar-refractivity contribution >= 4 is 17.9 Å². The average Bonchev–Trinajstić information content (AvgIpc) is 3.50. The highest BCUT2D eigenvalue weighted by molar-refractivity contribution is 5.70. The van der Waals surface area contributed by atoms with E-state index in [0.717, 1.165) is 44.9 Å². The van der Waals surface area contributed by atoms with Crippen LogP contribution in [0.5, 0.6) is 0 Å². The molecule has 88 heavy (non-hydrogen) atoms. The van der Waals surface area contributed by atoms with Gasteiger partial charge in [-0.25, -0.2) is 0 Å². The van der Waals surface area contributed by atoms with Crippen molar-refractivity contribution in [3.05, 3.63) is 24.3 Å². The van der Waals surface area contributed by atoms with Crippen LogP contribution in [0, 0.1) is 0 Å². The van der Waals surface area contributed by atoms with Crippen LogP contribution in [0.4, 0.5) is 0 Å². The predicted molar refractivity (Wildman–Crippen MR) is 376 cm³/mol. The van der Waals surface area contributed by atoms with Gasteiger partial charge in [0, 0.05) is 12.8 Å². The predicted octanol–water partition coefficient (Wildman–Crippen LogP) is 23.2. The van der Waals surface area contributed by atoms with Crippen LogP contribution in [-0.4, -0.2) is 82.3 Å². The lowest BCUT2D eigenvalue weighted by atomic mass is 10.0. The highest BCUT2D eigenvalue weighted by Gasteiger charge is 2.22. The number of quaternary nitrogens is 1. The summed E-state index contributed by atoms with van der Waals surface area (Å²) in [4.78, 5) is 37.6. The molecule has 0 spiro atoms. The second kappa shape index (κ2) is 70.6. The quantitative estimate of drug-likeness (QED) is 0.0195. The van der Waals surface area contributed by atoms with Gasteiger partial charge in [0.05, 0.1) is 40.3 Å². The summed E-state index contributed by atoms with van der Waals surface area (Å²) < 4.78 is 22.9. The van der Waals surface area contributed by atoms with Crippen LogP contribution in [0.1, 0.15) is 406 Å². The number of carbonyl (C=O) groups excluding carboxylic acids is 3. The minimum absolute atomic E-state index is 0.152. The third-order valence-corrected chi connectivity index (χ3v) is 18.0. The van der Waals surface area contributed by atoms with E-state index in [1.807, 2.05) is 21.1 Å². The van der Waals surface area contributed by atoms with Gasteiger partial charge in [0.25, 0.3) is 0 Å². The van der Waals surface area contributed by atoms with E-state index >= 15 is 0 Å². The second-order valence-electron chi connectivity index (χ2n) is 28.0. The smallest absolute Gasteiger partial charge is 0.306 e. The number of aliphatic carboxylic acids is 1. The molecule has 0 aliphatic rings. The Labute approximate surface area is 548 Å². The third-order valence-electron chi connectivity index (χ3n) is 18.0. The Bertz CT molecular complexity index is 1490. The van der Waals surface area contributed by atoms with Crippen molar-refractivity contribution in [1.82, 2.24) is 0 Å². The number of allylic oxidation sites excluding steroid dienone is 4. The fraction of sp³-hybridized carbons (Fsp3) is 0.911. The minimum atomic E-state index is -1.62. The first-order valence-electron chi connectivity index (χ1n) is 39.0. The standard InChI is InChI=1S/C79H151NO8/c1-6-8-10-12-14-16-18-20-22-24-26-28-30-32-34-36-38-40-41-43-45-47-49-51-53-55-57-59-61-63-65-67-69-76(81)86-73-75(74-87-79(78(83)84)85-72-71-80(3,4)5)88-77(82)70-68-66-64-62-60-58-56-54-52-50-48-46-44-42-39-37-35-33-31-29-27-25-23-21-19-17-15-13-11-9-7-2/h19,21,25,27,75,79H,6-18,20,22-24,26,28-74H2,1-5H3/b21-19-,27-25-. The van der Waals surface area contributed by atoms with E-state index in [1.165, 1.54) is 334 Å². The van der Waals surface area contributed by atoms with E-state index < -0.39 is 24.3 Å². The van der Waals surface area contributed by atoms with Gasteiger partial charge in [-0.2, -0.15) is 0 Å². The van der Waals surface area contributed by atoms with Crippen molar-refractivity contribution in [3.63, 3.8) is 0 Å². The molecule has 0 aliphatic carbocycles. The highest BCUT2D eigenvalue weighted by atomic mass is 16.7. The molecule has 0 bridgehead atoms. The summed E-state index contributed by atoms with van der Waals surface area (Å²) in [5, 5.41) is 11.8. The van der Waals surface area contributed by atoms with Gasteiger partial charge in [0.2, 0.25) is 0 Å². The Balaban J connectivity index is 3.99. The fourth-order valence-electron chi connectivity index (χ4n) is 12.0. The van der Waals surface area contributed by atoms with Gasteiger partial charge in [-0.3, -0.25) is 9.59 Å². The van der Waals surface area contributed by atoms with Gasteiger partial charge in [-0.15, -0.1) is 0 Å². The molecule has 0 rings (SSSR count). The average molecular weight is 1240 g/mol. The molecule has 0 N–H and O–H groups in total. The molecule has 0 radical (unpaired) electrons. The normalized spacial score (nSPS) is 12.7. The van der Waals surface area contributed by atoms with Gasteiger partial charge in [-0.05, 0) is 44.9 Å². The molecule has 0 saturated carbocycles. The lowest BCUT2D eigenvalue weighted by Crippen LogP contribution is -2.44. The monoisotopic (exact) mass is 1240 g/mol. The number of carboxylic acid groups (broad SMARTS) is 1. The largest absolute Gasteiger partial charge is 0.545 e. The molecule has 0 aliphatic heterocycles. The first kappa shape index (κ1) is 85.8. The van der Waals surface area contributed by atoms with E-state index in [1.54, 1.807) is 0 Å². The SMILES string of the molecule is CCCCCCC/C=C\C/C=C\CCCCCCCCCCCCCCCCCCCCCC(=O)OC(COC(=O)CCCCCCCCCCCCCCCCCCCCCCCCCCCCCCCCCC)COC(OCC[N+](C)(C)C)C(=O)[O-]. The van der Waals surface area contributed by atoms with Crippen molar-refractivity contribution in [2.24, 2.45) is 0 Å². The summed E-state index contributed by atoms with van der Waals surface area (Å²) in [6.45, 7) is 4.83. The van der Waals surface area contributed by atoms with Gasteiger partial charge < -0.3 is 33.3 Å².